The fraction of sp³-hybridized carbons (Fsp3) is 0. The predicted molar refractivity (Wildman–Crippen MR) is 187 cm³/mol. The Labute approximate surface area is 292 Å². The Hall–Kier alpha value is -7.74. The summed E-state index contributed by atoms with van der Waals surface area (Å²) in [5.74, 6) is -2.12. The Morgan fingerprint density at radius 2 is 0.846 bits per heavy atom. The molecular weight excluding hydrogens is 668 g/mol. The van der Waals surface area contributed by atoms with Crippen LogP contribution in [0.1, 0.15) is 41.4 Å². The Morgan fingerprint density at radius 1 is 0.442 bits per heavy atom. The van der Waals surface area contributed by atoms with Crippen LogP contribution in [0.3, 0.4) is 0 Å². The molecule has 250 valence electrons. The number of nitrogens with zero attached hydrogens (tertiary/aromatic N) is 6. The van der Waals surface area contributed by atoms with Crippen molar-refractivity contribution in [2.45, 2.75) is 0 Å². The molecule has 6 aromatic rings. The summed E-state index contributed by atoms with van der Waals surface area (Å²) in [6.07, 6.45) is 0. The molecule has 0 saturated carbocycles. The highest BCUT2D eigenvalue weighted by molar-refractivity contribution is 6.35. The first-order valence-corrected chi connectivity index (χ1v) is 15.6. The normalized spacial score (nSPS) is 13.4. The molecule has 0 fully saturated rings. The van der Waals surface area contributed by atoms with Gasteiger partial charge >= 0.3 is 0 Å². The van der Waals surface area contributed by atoms with E-state index in [9.17, 15) is 39.4 Å². The number of hydrogen-bond acceptors (Lipinski definition) is 10. The van der Waals surface area contributed by atoms with Gasteiger partial charge in [-0.3, -0.25) is 39.4 Å². The molecule has 14 nitrogen and oxygen atoms in total. The molecular formula is C38H20N6O8. The molecule has 52 heavy (non-hydrogen) atoms. The van der Waals surface area contributed by atoms with Gasteiger partial charge in [-0.15, -0.1) is 0 Å². The minimum atomic E-state index is -0.668. The summed E-state index contributed by atoms with van der Waals surface area (Å²) in [4.78, 5) is 85.4. The molecule has 2 aliphatic heterocycles. The van der Waals surface area contributed by atoms with Gasteiger partial charge in [-0.1, -0.05) is 54.6 Å². The van der Waals surface area contributed by atoms with Crippen molar-refractivity contribution in [3.63, 3.8) is 0 Å². The molecule has 14 heteroatoms. The van der Waals surface area contributed by atoms with Crippen molar-refractivity contribution in [3.8, 4) is 33.9 Å². The first kappa shape index (κ1) is 31.5. The number of amides is 4. The number of non-ortho nitro benzene ring substituents is 2. The fourth-order valence-electron chi connectivity index (χ4n) is 6.18. The fourth-order valence-corrected chi connectivity index (χ4v) is 6.18. The van der Waals surface area contributed by atoms with Crippen LogP contribution in [0.5, 0.6) is 0 Å². The molecule has 0 bridgehead atoms. The molecule has 1 aromatic heterocycles. The van der Waals surface area contributed by atoms with E-state index < -0.39 is 33.5 Å². The largest absolute Gasteiger partial charge is 0.270 e. The number of aromatic nitrogens is 2. The van der Waals surface area contributed by atoms with Gasteiger partial charge in [0.25, 0.3) is 35.0 Å². The molecule has 4 amide bonds. The van der Waals surface area contributed by atoms with Crippen molar-refractivity contribution in [1.29, 1.82) is 0 Å². The molecule has 3 heterocycles. The van der Waals surface area contributed by atoms with Gasteiger partial charge in [0.15, 0.2) is 5.82 Å². The van der Waals surface area contributed by atoms with Gasteiger partial charge in [0.05, 0.1) is 54.9 Å². The highest BCUT2D eigenvalue weighted by Crippen LogP contribution is 2.35. The first-order chi connectivity index (χ1) is 25.1. The van der Waals surface area contributed by atoms with E-state index in [1.165, 1.54) is 24.3 Å². The van der Waals surface area contributed by atoms with Crippen LogP contribution in [0.25, 0.3) is 33.9 Å². The van der Waals surface area contributed by atoms with Crippen LogP contribution in [0.15, 0.2) is 121 Å². The molecule has 0 aliphatic carbocycles. The Balaban J connectivity index is 1.12. The minimum Gasteiger partial charge on any atom is -0.268 e. The van der Waals surface area contributed by atoms with Crippen molar-refractivity contribution in [1.82, 2.24) is 9.97 Å². The lowest BCUT2D eigenvalue weighted by Crippen LogP contribution is -2.29. The summed E-state index contributed by atoms with van der Waals surface area (Å²) < 4.78 is 0. The summed E-state index contributed by atoms with van der Waals surface area (Å²) in [6.45, 7) is 0. The third-order valence-electron chi connectivity index (χ3n) is 8.76. The molecule has 0 spiro atoms. The van der Waals surface area contributed by atoms with E-state index in [0.717, 1.165) is 27.5 Å². The van der Waals surface area contributed by atoms with Gasteiger partial charge in [0.1, 0.15) is 0 Å². The molecule has 0 saturated heterocycles. The number of imide groups is 2. The number of hydrogen-bond donors (Lipinski definition) is 0. The minimum absolute atomic E-state index is 0.0470. The number of carbonyl (C=O) groups excluding carboxylic acids is 4. The SMILES string of the molecule is O=C1c2ccc([N+](=O)[O-])cc2C(=O)N1c1ccc(-c2cc(-c3ccc(N4C(=O)c5ccc([N+](=O)[O-])cc5C4=O)cc3)nc(-c3ccccc3)n2)cc1. The van der Waals surface area contributed by atoms with E-state index in [1.54, 1.807) is 54.6 Å². The zero-order valence-corrected chi connectivity index (χ0v) is 26.5. The summed E-state index contributed by atoms with van der Waals surface area (Å²) in [5.41, 5.74) is 3.04. The molecule has 8 rings (SSSR count). The van der Waals surface area contributed by atoms with Gasteiger partial charge < -0.3 is 0 Å². The average molecular weight is 689 g/mol. The maximum absolute atomic E-state index is 13.2. The third kappa shape index (κ3) is 5.14. The monoisotopic (exact) mass is 688 g/mol. The summed E-state index contributed by atoms with van der Waals surface area (Å²) >= 11 is 0. The second-order valence-electron chi connectivity index (χ2n) is 11.8. The lowest BCUT2D eigenvalue weighted by Gasteiger charge is -2.15. The van der Waals surface area contributed by atoms with E-state index in [-0.39, 0.29) is 45.0 Å². The maximum atomic E-state index is 13.2. The smallest absolute Gasteiger partial charge is 0.268 e. The van der Waals surface area contributed by atoms with Crippen LogP contribution >= 0.6 is 0 Å². The lowest BCUT2D eigenvalue weighted by molar-refractivity contribution is -0.385. The van der Waals surface area contributed by atoms with E-state index in [2.05, 4.69) is 0 Å². The zero-order chi connectivity index (χ0) is 36.3. The summed E-state index contributed by atoms with van der Waals surface area (Å²) in [6, 6.07) is 31.2. The van der Waals surface area contributed by atoms with Crippen LogP contribution in [0, 0.1) is 20.2 Å². The van der Waals surface area contributed by atoms with Crippen LogP contribution in [0.2, 0.25) is 0 Å². The zero-order valence-electron chi connectivity index (χ0n) is 26.5. The van der Waals surface area contributed by atoms with Crippen molar-refractivity contribution in [2.75, 3.05) is 9.80 Å². The Bertz CT molecular complexity index is 2400. The summed E-state index contributed by atoms with van der Waals surface area (Å²) in [7, 11) is 0. The van der Waals surface area contributed by atoms with Gasteiger partial charge in [-0.2, -0.15) is 0 Å². The van der Waals surface area contributed by atoms with Gasteiger partial charge in [0.2, 0.25) is 0 Å². The van der Waals surface area contributed by atoms with Gasteiger partial charge in [0, 0.05) is 41.0 Å². The van der Waals surface area contributed by atoms with Crippen molar-refractivity contribution in [3.05, 3.63) is 164 Å². The first-order valence-electron chi connectivity index (χ1n) is 15.6. The molecule has 0 radical (unpaired) electrons. The van der Waals surface area contributed by atoms with E-state index >= 15 is 0 Å². The highest BCUT2D eigenvalue weighted by Gasteiger charge is 2.39. The molecule has 5 aromatic carbocycles. The molecule has 0 N–H and O–H groups in total. The van der Waals surface area contributed by atoms with Crippen molar-refractivity contribution in [2.24, 2.45) is 0 Å². The second-order valence-corrected chi connectivity index (χ2v) is 11.8. The Kier molecular flexibility index (Phi) is 7.27. The maximum Gasteiger partial charge on any atom is 0.270 e. The van der Waals surface area contributed by atoms with Crippen molar-refractivity contribution < 1.29 is 29.0 Å². The van der Waals surface area contributed by atoms with E-state index in [1.807, 2.05) is 30.3 Å². The average Bonchev–Trinajstić information content (AvgIpc) is 3.57. The van der Waals surface area contributed by atoms with E-state index in [4.69, 9.17) is 9.97 Å². The number of anilines is 2. The number of carbonyl (C=O) groups is 4. The topological polar surface area (TPSA) is 187 Å². The molecule has 2 aliphatic rings. The van der Waals surface area contributed by atoms with Crippen LogP contribution < -0.4 is 9.80 Å². The number of nitro benzene ring substituents is 2. The number of fused-ring (bicyclic) bond motifs is 2. The Morgan fingerprint density at radius 3 is 1.25 bits per heavy atom. The summed E-state index contributed by atoms with van der Waals surface area (Å²) in [5, 5.41) is 22.5. The standard InChI is InChI=1S/C38H20N6O8/c45-35-28-16-14-26(43(49)50)18-30(28)37(47)41(35)24-10-6-21(7-11-24)32-20-33(40-34(39-32)23-4-2-1-3-5-23)22-8-12-25(13-9-22)42-36(46)29-17-15-27(44(51)52)19-31(29)38(42)48/h1-20H. The highest BCUT2D eigenvalue weighted by atomic mass is 16.6. The quantitative estimate of drug-likeness (QED) is 0.0970. The molecule has 0 atom stereocenters. The van der Waals surface area contributed by atoms with Crippen LogP contribution in [0.4, 0.5) is 22.7 Å². The number of nitro groups is 2. The van der Waals surface area contributed by atoms with E-state index in [0.29, 0.717) is 28.3 Å². The van der Waals surface area contributed by atoms with Crippen molar-refractivity contribution >= 4 is 46.4 Å². The molecule has 0 unspecified atom stereocenters. The van der Waals surface area contributed by atoms with Crippen LogP contribution in [-0.2, 0) is 0 Å². The lowest BCUT2D eigenvalue weighted by atomic mass is 10.1. The van der Waals surface area contributed by atoms with Crippen LogP contribution in [-0.4, -0.2) is 43.4 Å². The third-order valence-corrected chi connectivity index (χ3v) is 8.76. The second kappa shape index (κ2) is 12.0. The number of benzene rings is 5. The number of rotatable bonds is 7. The predicted octanol–water partition coefficient (Wildman–Crippen LogP) is 6.90. The van der Waals surface area contributed by atoms with Gasteiger partial charge in [-0.05, 0) is 42.5 Å². The van der Waals surface area contributed by atoms with Gasteiger partial charge in [-0.25, -0.2) is 19.8 Å².